The third-order valence-electron chi connectivity index (χ3n) is 4.61. The van der Waals surface area contributed by atoms with E-state index in [1.54, 1.807) is 0 Å². The Hall–Kier alpha value is -0.520. The maximum absolute atomic E-state index is 10.0. The summed E-state index contributed by atoms with van der Waals surface area (Å²) in [5.41, 5.74) is 0. The molecule has 1 unspecified atom stereocenters. The maximum atomic E-state index is 10.0. The average molecular weight is 416 g/mol. The highest BCUT2D eigenvalue weighted by Crippen LogP contribution is 2.25. The van der Waals surface area contributed by atoms with E-state index in [1.165, 1.54) is 0 Å². The fraction of sp³-hybridized carbons (Fsp3) is 1.00. The Balaban J connectivity index is 1.95. The fourth-order valence-corrected chi connectivity index (χ4v) is 2.85. The minimum Gasteiger partial charge on any atom is -0.394 e. The predicted molar refractivity (Wildman–Crippen MR) is 85.4 cm³/mol. The van der Waals surface area contributed by atoms with E-state index >= 15 is 0 Å². The van der Waals surface area contributed by atoms with Crippen molar-refractivity contribution in [2.24, 2.45) is 0 Å². The molecule has 0 bridgehead atoms. The van der Waals surface area contributed by atoms with Crippen LogP contribution in [0.25, 0.3) is 0 Å². The molecular weight excluding hydrogens is 388 g/mol. The molecule has 0 radical (unpaired) electrons. The molecule has 2 aliphatic heterocycles. The lowest BCUT2D eigenvalue weighted by Gasteiger charge is -2.42. The SMILES string of the molecule is OCC(O)CO[C@H]1O[C@H](CO[C@@H]2O[C@H](CO)[C@@H](O)[C@H](O)[C@H]2O)[C@@H](O)[C@H](O)[C@H]1O. The monoisotopic (exact) mass is 416 g/mol. The third kappa shape index (κ3) is 5.34. The Morgan fingerprint density at radius 1 is 0.679 bits per heavy atom. The average Bonchev–Trinajstić information content (AvgIpc) is 2.70. The van der Waals surface area contributed by atoms with Crippen LogP contribution in [-0.4, -0.2) is 140 Å². The van der Waals surface area contributed by atoms with E-state index in [4.69, 9.17) is 29.2 Å². The number of rotatable bonds is 8. The van der Waals surface area contributed by atoms with Crippen molar-refractivity contribution in [2.75, 3.05) is 26.4 Å². The zero-order chi connectivity index (χ0) is 21.0. The summed E-state index contributed by atoms with van der Waals surface area (Å²) in [6.45, 7) is -2.16. The lowest BCUT2D eigenvalue weighted by Crippen LogP contribution is -2.61. The highest BCUT2D eigenvalue weighted by Gasteiger charge is 2.47. The van der Waals surface area contributed by atoms with Crippen LogP contribution in [0.4, 0.5) is 0 Å². The van der Waals surface area contributed by atoms with Gasteiger partial charge in [-0.25, -0.2) is 0 Å². The van der Waals surface area contributed by atoms with Crippen molar-refractivity contribution in [3.63, 3.8) is 0 Å². The second-order valence-corrected chi connectivity index (χ2v) is 6.72. The van der Waals surface area contributed by atoms with E-state index in [2.05, 4.69) is 0 Å². The summed E-state index contributed by atoms with van der Waals surface area (Å²) in [5, 5.41) is 86.5. The van der Waals surface area contributed by atoms with E-state index in [9.17, 15) is 35.7 Å². The van der Waals surface area contributed by atoms with Gasteiger partial charge in [-0.3, -0.25) is 0 Å². The van der Waals surface area contributed by atoms with Crippen molar-refractivity contribution in [1.82, 2.24) is 0 Å². The van der Waals surface area contributed by atoms with Gasteiger partial charge in [0.15, 0.2) is 12.6 Å². The van der Waals surface area contributed by atoms with E-state index in [-0.39, 0.29) is 0 Å². The van der Waals surface area contributed by atoms with Crippen LogP contribution in [0.3, 0.4) is 0 Å². The van der Waals surface area contributed by atoms with Crippen LogP contribution < -0.4 is 0 Å². The van der Waals surface area contributed by atoms with Gasteiger partial charge in [-0.2, -0.15) is 0 Å². The molecule has 11 atom stereocenters. The smallest absolute Gasteiger partial charge is 0.186 e. The summed E-state index contributed by atoms with van der Waals surface area (Å²) < 4.78 is 20.8. The fourth-order valence-electron chi connectivity index (χ4n) is 2.85. The Morgan fingerprint density at radius 2 is 1.18 bits per heavy atom. The molecule has 0 saturated carbocycles. The van der Waals surface area contributed by atoms with Crippen LogP contribution in [0.1, 0.15) is 0 Å². The van der Waals surface area contributed by atoms with E-state index in [1.807, 2.05) is 0 Å². The molecule has 2 aliphatic rings. The molecule has 166 valence electrons. The predicted octanol–water partition coefficient (Wildman–Crippen LogP) is -6.02. The molecule has 2 heterocycles. The Morgan fingerprint density at radius 3 is 1.71 bits per heavy atom. The highest BCUT2D eigenvalue weighted by molar-refractivity contribution is 4.91. The maximum Gasteiger partial charge on any atom is 0.186 e. The molecule has 0 aromatic rings. The molecule has 9 N–H and O–H groups in total. The van der Waals surface area contributed by atoms with Gasteiger partial charge in [0.25, 0.3) is 0 Å². The molecule has 13 nitrogen and oxygen atoms in total. The van der Waals surface area contributed by atoms with Crippen molar-refractivity contribution < 1.29 is 64.9 Å². The first kappa shape index (κ1) is 23.8. The molecular formula is C15H28O13. The largest absolute Gasteiger partial charge is 0.394 e. The van der Waals surface area contributed by atoms with Crippen LogP contribution in [0.2, 0.25) is 0 Å². The van der Waals surface area contributed by atoms with Gasteiger partial charge in [-0.05, 0) is 0 Å². The van der Waals surface area contributed by atoms with Gasteiger partial charge in [-0.1, -0.05) is 0 Å². The first-order valence-corrected chi connectivity index (χ1v) is 8.73. The molecule has 0 aliphatic carbocycles. The second kappa shape index (κ2) is 10.5. The summed E-state index contributed by atoms with van der Waals surface area (Å²) >= 11 is 0. The zero-order valence-electron chi connectivity index (χ0n) is 14.8. The first-order chi connectivity index (χ1) is 13.2. The molecule has 0 aromatic carbocycles. The molecule has 13 heteroatoms. The topological polar surface area (TPSA) is 219 Å². The third-order valence-corrected chi connectivity index (χ3v) is 4.61. The van der Waals surface area contributed by atoms with Crippen LogP contribution in [0.5, 0.6) is 0 Å². The minimum atomic E-state index is -1.69. The molecule has 0 amide bonds. The van der Waals surface area contributed by atoms with Crippen molar-refractivity contribution in [3.05, 3.63) is 0 Å². The lowest BCUT2D eigenvalue weighted by atomic mass is 9.98. The van der Waals surface area contributed by atoms with Gasteiger partial charge in [0.1, 0.15) is 54.9 Å². The number of aliphatic hydroxyl groups excluding tert-OH is 9. The summed E-state index contributed by atoms with van der Waals surface area (Å²) in [7, 11) is 0. The van der Waals surface area contributed by atoms with Gasteiger partial charge < -0.3 is 64.9 Å². The Labute approximate surface area is 159 Å². The van der Waals surface area contributed by atoms with E-state index in [0.717, 1.165) is 0 Å². The number of hydrogen-bond acceptors (Lipinski definition) is 13. The zero-order valence-corrected chi connectivity index (χ0v) is 14.8. The number of ether oxygens (including phenoxy) is 4. The van der Waals surface area contributed by atoms with Crippen molar-refractivity contribution in [2.45, 2.75) is 67.5 Å². The van der Waals surface area contributed by atoms with Crippen LogP contribution >= 0.6 is 0 Å². The number of aliphatic hydroxyl groups is 9. The summed E-state index contributed by atoms with van der Waals surface area (Å²) in [6.07, 6.45) is -16.5. The van der Waals surface area contributed by atoms with Crippen LogP contribution in [-0.2, 0) is 18.9 Å². The summed E-state index contributed by atoms with van der Waals surface area (Å²) in [5.74, 6) is 0. The van der Waals surface area contributed by atoms with Crippen LogP contribution in [0.15, 0.2) is 0 Å². The van der Waals surface area contributed by atoms with Gasteiger partial charge >= 0.3 is 0 Å². The normalized spacial score (nSPS) is 45.8. The second-order valence-electron chi connectivity index (χ2n) is 6.72. The highest BCUT2D eigenvalue weighted by atomic mass is 16.7. The quantitative estimate of drug-likeness (QED) is 0.180. The van der Waals surface area contributed by atoms with Crippen LogP contribution in [0, 0.1) is 0 Å². The molecule has 2 saturated heterocycles. The first-order valence-electron chi connectivity index (χ1n) is 8.73. The standard InChI is InChI=1S/C15H28O13/c16-1-5(18)3-25-14-13(24)11(22)9(20)7(28-14)4-26-15-12(23)10(21)8(19)6(2-17)27-15/h5-24H,1-4H2/t5?,6-,7-,8-,9-,10+,11+,12-,13-,14+,15-/m1/s1. The van der Waals surface area contributed by atoms with Gasteiger partial charge in [0, 0.05) is 0 Å². The van der Waals surface area contributed by atoms with Crippen molar-refractivity contribution in [3.8, 4) is 0 Å². The molecule has 2 rings (SSSR count). The van der Waals surface area contributed by atoms with Crippen molar-refractivity contribution >= 4 is 0 Å². The van der Waals surface area contributed by atoms with Gasteiger partial charge in [-0.15, -0.1) is 0 Å². The van der Waals surface area contributed by atoms with E-state index in [0.29, 0.717) is 0 Å². The molecule has 28 heavy (non-hydrogen) atoms. The van der Waals surface area contributed by atoms with Gasteiger partial charge in [0.05, 0.1) is 26.4 Å². The number of hydrogen-bond donors (Lipinski definition) is 9. The minimum absolute atomic E-state index is 0.415. The molecule has 0 spiro atoms. The van der Waals surface area contributed by atoms with Crippen molar-refractivity contribution in [1.29, 1.82) is 0 Å². The molecule has 2 fully saturated rings. The summed E-state index contributed by atoms with van der Waals surface area (Å²) in [4.78, 5) is 0. The van der Waals surface area contributed by atoms with E-state index < -0.39 is 93.9 Å². The van der Waals surface area contributed by atoms with Gasteiger partial charge in [0.2, 0.25) is 0 Å². The summed E-state index contributed by atoms with van der Waals surface area (Å²) in [6, 6.07) is 0. The lowest BCUT2D eigenvalue weighted by molar-refractivity contribution is -0.332. The molecule has 0 aromatic heterocycles. The Bertz CT molecular complexity index is 465. The Kier molecular flexibility index (Phi) is 8.90.